The maximum absolute atomic E-state index is 14.9. The van der Waals surface area contributed by atoms with Gasteiger partial charge < -0.3 is 20.1 Å². The van der Waals surface area contributed by atoms with Gasteiger partial charge in [0.15, 0.2) is 0 Å². The van der Waals surface area contributed by atoms with Crippen molar-refractivity contribution in [2.24, 2.45) is 0 Å². The number of nitrogens with one attached hydrogen (secondary N) is 1. The number of hydrogen-bond acceptors (Lipinski definition) is 8. The molecule has 4 atom stereocenters. The summed E-state index contributed by atoms with van der Waals surface area (Å²) in [5.74, 6) is -0.341. The molecule has 224 valence electrons. The summed E-state index contributed by atoms with van der Waals surface area (Å²) in [6.07, 6.45) is -4.18. The third-order valence-corrected chi connectivity index (χ3v) is 9.04. The van der Waals surface area contributed by atoms with E-state index >= 15 is 0 Å². The number of phenols is 1. The minimum atomic E-state index is -4.98. The summed E-state index contributed by atoms with van der Waals surface area (Å²) in [4.78, 5) is 26.3. The van der Waals surface area contributed by atoms with Crippen LogP contribution >= 0.6 is 11.6 Å². The van der Waals surface area contributed by atoms with Crippen molar-refractivity contribution in [2.45, 2.75) is 62.1 Å². The average Bonchev–Trinajstić information content (AvgIpc) is 3.46. The second kappa shape index (κ2) is 9.95. The van der Waals surface area contributed by atoms with E-state index in [-0.39, 0.29) is 41.8 Å². The van der Waals surface area contributed by atoms with Crippen molar-refractivity contribution in [1.82, 2.24) is 24.8 Å². The third kappa shape index (κ3) is 4.56. The van der Waals surface area contributed by atoms with Crippen LogP contribution in [0.1, 0.15) is 41.8 Å². The summed E-state index contributed by atoms with van der Waals surface area (Å²) in [6.45, 7) is -1.38. The Morgan fingerprint density at radius 3 is 2.83 bits per heavy atom. The first-order chi connectivity index (χ1) is 21.1. The van der Waals surface area contributed by atoms with Crippen molar-refractivity contribution in [2.75, 3.05) is 37.6 Å². The molecule has 1 aromatic carbocycles. The highest BCUT2D eigenvalue weighted by atomic mass is 35.5. The molecule has 5 saturated heterocycles. The number of phenolic OH excluding ortho intramolecular Hbond substituents is 1. The van der Waals surface area contributed by atoms with Crippen LogP contribution in [0.4, 0.5) is 23.4 Å². The van der Waals surface area contributed by atoms with E-state index in [4.69, 9.17) is 20.5 Å². The van der Waals surface area contributed by atoms with E-state index in [1.807, 2.05) is 4.90 Å². The van der Waals surface area contributed by atoms with Crippen LogP contribution in [0.2, 0.25) is 5.02 Å². The van der Waals surface area contributed by atoms with E-state index in [2.05, 4.69) is 15.3 Å². The number of alkyl halides is 4. The second-order valence-electron chi connectivity index (χ2n) is 11.3. The lowest BCUT2D eigenvalue weighted by Crippen LogP contribution is -2.61. The van der Waals surface area contributed by atoms with Crippen molar-refractivity contribution in [1.29, 1.82) is 0 Å². The largest absolute Gasteiger partial charge is 0.508 e. The van der Waals surface area contributed by atoms with E-state index in [0.29, 0.717) is 30.6 Å². The van der Waals surface area contributed by atoms with Crippen LogP contribution in [-0.4, -0.2) is 81.0 Å². The highest BCUT2D eigenvalue weighted by Gasteiger charge is 2.49. The van der Waals surface area contributed by atoms with Crippen molar-refractivity contribution in [3.05, 3.63) is 45.3 Å². The molecule has 2 bridgehead atoms. The molecule has 2 aromatic heterocycles. The molecule has 3 aromatic rings. The molecule has 9 nitrogen and oxygen atoms in total. The van der Waals surface area contributed by atoms with E-state index in [1.54, 1.807) is 4.90 Å². The number of piperazine rings is 1. The molecule has 5 aliphatic rings. The zero-order chi connectivity index (χ0) is 32.1. The monoisotopic (exact) mass is 611 g/mol. The van der Waals surface area contributed by atoms with Crippen LogP contribution in [0.15, 0.2) is 29.2 Å². The highest BCUT2D eigenvalue weighted by Crippen LogP contribution is 2.42. The molecule has 2 N–H and O–H groups in total. The zero-order valence-electron chi connectivity index (χ0n) is 25.2. The summed E-state index contributed by atoms with van der Waals surface area (Å²) in [5, 5.41) is 12.9. The van der Waals surface area contributed by atoms with Gasteiger partial charge in [0.2, 0.25) is 0 Å². The van der Waals surface area contributed by atoms with Crippen LogP contribution in [0.3, 0.4) is 0 Å². The number of aromatic hydroxyl groups is 1. The molecular weight excluding hydrogens is 580 g/mol. The number of fused-ring (bicyclic) bond motifs is 5. The molecule has 0 radical (unpaired) electrons. The van der Waals surface area contributed by atoms with Crippen LogP contribution in [-0.2, 0) is 6.18 Å². The van der Waals surface area contributed by atoms with Gasteiger partial charge in [-0.15, -0.1) is 0 Å². The van der Waals surface area contributed by atoms with Gasteiger partial charge in [0.1, 0.15) is 29.8 Å². The molecule has 7 heterocycles. The Balaban J connectivity index is 1.40. The first-order valence-corrected chi connectivity index (χ1v) is 14.1. The predicted octanol–water partition coefficient (Wildman–Crippen LogP) is 4.05. The minimum absolute atomic E-state index is 0.0314. The fourth-order valence-corrected chi connectivity index (χ4v) is 7.11. The van der Waals surface area contributed by atoms with Gasteiger partial charge in [-0.1, -0.05) is 11.6 Å². The van der Waals surface area contributed by atoms with Crippen molar-refractivity contribution in [3.8, 4) is 17.4 Å². The van der Waals surface area contributed by atoms with Gasteiger partial charge in [0, 0.05) is 50.4 Å². The topological polar surface area (TPSA) is 95.8 Å². The maximum atomic E-state index is 14.9. The average molecular weight is 612 g/mol. The van der Waals surface area contributed by atoms with Gasteiger partial charge in [0.05, 0.1) is 31.3 Å². The smallest absolute Gasteiger partial charge is 0.419 e. The summed E-state index contributed by atoms with van der Waals surface area (Å²) in [7, 11) is 0. The fourth-order valence-electron chi connectivity index (χ4n) is 6.79. The SMILES string of the molecule is [2H]C([2H])(Oc1nc(N2CC3CCC2CN3)c2ccn(-c3cc(O)cc(Cl)c3C(F)(F)F)c(=O)c2n1)[C@@]12CCCN1C[C@]([2H])(F)C2. The number of ether oxygens (including phenoxy) is 1. The maximum Gasteiger partial charge on any atom is 0.419 e. The second-order valence-corrected chi connectivity index (χ2v) is 11.8. The Bertz CT molecular complexity index is 1750. The van der Waals surface area contributed by atoms with Crippen LogP contribution in [0.5, 0.6) is 11.8 Å². The summed E-state index contributed by atoms with van der Waals surface area (Å²) < 4.78 is 89.5. The summed E-state index contributed by atoms with van der Waals surface area (Å²) in [6, 6.07) is 2.44. The van der Waals surface area contributed by atoms with E-state index < -0.39 is 64.4 Å². The van der Waals surface area contributed by atoms with E-state index in [1.165, 1.54) is 6.07 Å². The first kappa shape index (κ1) is 24.3. The lowest BCUT2D eigenvalue weighted by Gasteiger charge is -2.46. The number of halogens is 5. The van der Waals surface area contributed by atoms with Gasteiger partial charge in [-0.2, -0.15) is 23.1 Å². The number of rotatable bonds is 5. The number of anilines is 1. The van der Waals surface area contributed by atoms with E-state index in [9.17, 15) is 27.5 Å². The lowest BCUT2D eigenvalue weighted by molar-refractivity contribution is -0.137. The molecule has 0 spiro atoms. The molecule has 0 saturated carbocycles. The van der Waals surface area contributed by atoms with Gasteiger partial charge in [-0.3, -0.25) is 14.3 Å². The Kier molecular flexibility index (Phi) is 5.76. The predicted molar refractivity (Wildman–Crippen MR) is 148 cm³/mol. The number of hydrogen-bond donors (Lipinski definition) is 2. The quantitative estimate of drug-likeness (QED) is 0.417. The van der Waals surface area contributed by atoms with Crippen molar-refractivity contribution >= 4 is 28.3 Å². The molecule has 5 aliphatic heterocycles. The highest BCUT2D eigenvalue weighted by molar-refractivity contribution is 6.31. The number of piperidine rings is 2. The number of benzene rings is 1. The van der Waals surface area contributed by atoms with Gasteiger partial charge >= 0.3 is 12.2 Å². The minimum Gasteiger partial charge on any atom is -0.508 e. The Morgan fingerprint density at radius 1 is 1.29 bits per heavy atom. The normalized spacial score (nSPS) is 30.8. The zero-order valence-corrected chi connectivity index (χ0v) is 23.0. The van der Waals surface area contributed by atoms with Crippen molar-refractivity contribution in [3.63, 3.8) is 0 Å². The van der Waals surface area contributed by atoms with Crippen molar-refractivity contribution < 1.29 is 31.5 Å². The third-order valence-electron chi connectivity index (χ3n) is 8.74. The van der Waals surface area contributed by atoms with Gasteiger partial charge in [-0.05, 0) is 44.4 Å². The van der Waals surface area contributed by atoms with Crippen LogP contribution in [0.25, 0.3) is 16.6 Å². The number of aromatic nitrogens is 3. The molecule has 5 fully saturated rings. The van der Waals surface area contributed by atoms with Crippen LogP contribution in [0, 0.1) is 0 Å². The Morgan fingerprint density at radius 2 is 2.12 bits per heavy atom. The molecule has 42 heavy (non-hydrogen) atoms. The van der Waals surface area contributed by atoms with Gasteiger partial charge in [-0.25, -0.2) is 4.39 Å². The fraction of sp³-hybridized carbons (Fsp3) is 0.536. The van der Waals surface area contributed by atoms with Gasteiger partial charge in [0.25, 0.3) is 5.56 Å². The summed E-state index contributed by atoms with van der Waals surface area (Å²) >= 11 is 5.89. The molecule has 0 aliphatic carbocycles. The molecule has 8 rings (SSSR count). The molecule has 2 unspecified atom stereocenters. The Labute approximate surface area is 247 Å². The first-order valence-electron chi connectivity index (χ1n) is 15.3. The van der Waals surface area contributed by atoms with Crippen LogP contribution < -0.4 is 20.5 Å². The number of nitrogens with zero attached hydrogens (tertiary/aromatic N) is 5. The lowest BCUT2D eigenvalue weighted by atomic mass is 9.93. The molecule has 14 heteroatoms. The standard InChI is InChI=1S/C28H29ClF4N6O3/c29-20-8-18(40)9-21(22(20)28(31,32)33)38-7-4-19-23(25(38)41)35-26(36-24(19)39-13-16-2-3-17(39)11-34-16)42-14-27-5-1-6-37(27)12-15(30)10-27/h4,7-9,15-17,34,40H,1-3,5-6,10-14H2/t15-,16?,17?,27+/m1/s1/i14D2,15D. The Hall–Kier alpha value is -3.16. The number of pyridine rings is 1. The summed E-state index contributed by atoms with van der Waals surface area (Å²) in [5.41, 5.74) is -4.89. The van der Waals surface area contributed by atoms with E-state index in [0.717, 1.165) is 31.2 Å². The molecular formula is C28H29ClF4N6O3. The molecule has 0 amide bonds.